The van der Waals surface area contributed by atoms with Gasteiger partial charge in [0.25, 0.3) is 0 Å². The lowest BCUT2D eigenvalue weighted by Gasteiger charge is -2.25. The second-order valence-electron chi connectivity index (χ2n) is 7.92. The number of nitrogens with zero attached hydrogens (tertiary/aromatic N) is 4. The van der Waals surface area contributed by atoms with E-state index in [1.165, 1.54) is 11.3 Å². The molecule has 4 rings (SSSR count). The molecule has 0 fully saturated rings. The lowest BCUT2D eigenvalue weighted by Crippen LogP contribution is -2.24. The first-order valence-electron chi connectivity index (χ1n) is 10.5. The van der Waals surface area contributed by atoms with Crippen molar-refractivity contribution in [2.45, 2.75) is 45.1 Å². The Morgan fingerprint density at radius 3 is 2.58 bits per heavy atom. The van der Waals surface area contributed by atoms with Crippen LogP contribution in [0.5, 0.6) is 0 Å². The Kier molecular flexibility index (Phi) is 6.37. The summed E-state index contributed by atoms with van der Waals surface area (Å²) < 4.78 is 2.13. The number of aromatic nitrogens is 2. The monoisotopic (exact) mass is 434 g/mol. The fourth-order valence-corrected chi connectivity index (χ4v) is 4.64. The smallest absolute Gasteiger partial charge is 0.211 e. The minimum atomic E-state index is -0.0539. The van der Waals surface area contributed by atoms with Crippen molar-refractivity contribution >= 4 is 23.3 Å². The highest BCUT2D eigenvalue weighted by atomic mass is 35.5. The van der Waals surface area contributed by atoms with E-state index >= 15 is 0 Å². The van der Waals surface area contributed by atoms with Gasteiger partial charge in [-0.1, -0.05) is 60.1 Å². The van der Waals surface area contributed by atoms with Crippen molar-refractivity contribution in [1.29, 1.82) is 0 Å². The first-order valence-corrected chi connectivity index (χ1v) is 10.9. The third-order valence-electron chi connectivity index (χ3n) is 5.71. The highest BCUT2D eigenvalue weighted by molar-refractivity contribution is 6.31. The number of halogens is 1. The molecule has 1 unspecified atom stereocenters. The van der Waals surface area contributed by atoms with Gasteiger partial charge in [0.15, 0.2) is 0 Å². The molecular weight excluding hydrogens is 408 g/mol. The van der Waals surface area contributed by atoms with Gasteiger partial charge in [0, 0.05) is 22.8 Å². The van der Waals surface area contributed by atoms with Gasteiger partial charge in [-0.05, 0) is 55.7 Å². The van der Waals surface area contributed by atoms with E-state index in [9.17, 15) is 0 Å². The highest BCUT2D eigenvalue weighted by Gasteiger charge is 2.31. The molecule has 0 radical (unpaired) electrons. The number of hydrogen-bond donors (Lipinski definition) is 2. The molecule has 3 aromatic rings. The van der Waals surface area contributed by atoms with Crippen molar-refractivity contribution in [3.8, 4) is 0 Å². The molecule has 0 saturated heterocycles. The van der Waals surface area contributed by atoms with Gasteiger partial charge in [0.2, 0.25) is 5.96 Å². The summed E-state index contributed by atoms with van der Waals surface area (Å²) in [7, 11) is 0. The second kappa shape index (κ2) is 9.35. The first kappa shape index (κ1) is 21.1. The summed E-state index contributed by atoms with van der Waals surface area (Å²) in [4.78, 5) is 0. The van der Waals surface area contributed by atoms with E-state index in [0.717, 1.165) is 53.4 Å². The van der Waals surface area contributed by atoms with Gasteiger partial charge < -0.3 is 11.5 Å². The summed E-state index contributed by atoms with van der Waals surface area (Å²) in [5, 5.41) is 13.9. The number of nitrogens with two attached hydrogens (primary N) is 2. The van der Waals surface area contributed by atoms with E-state index < -0.39 is 0 Å². The third kappa shape index (κ3) is 4.80. The number of rotatable bonds is 6. The number of hydrogen-bond acceptors (Lipinski definition) is 3. The van der Waals surface area contributed by atoms with Gasteiger partial charge in [-0.25, -0.2) is 0 Å². The number of benzene rings is 2. The zero-order valence-electron chi connectivity index (χ0n) is 17.6. The Balaban J connectivity index is 1.65. The van der Waals surface area contributed by atoms with Crippen LogP contribution in [0.3, 0.4) is 0 Å². The summed E-state index contributed by atoms with van der Waals surface area (Å²) in [6.07, 6.45) is 3.59. The Bertz CT molecular complexity index is 1110. The Labute approximate surface area is 187 Å². The van der Waals surface area contributed by atoms with Gasteiger partial charge in [-0.15, -0.1) is 5.10 Å². The van der Waals surface area contributed by atoms with E-state index in [1.54, 1.807) is 0 Å². The molecule has 1 aromatic heterocycles. The molecule has 0 bridgehead atoms. The van der Waals surface area contributed by atoms with Crippen LogP contribution < -0.4 is 11.5 Å². The minimum absolute atomic E-state index is 0.0539. The van der Waals surface area contributed by atoms with E-state index in [1.807, 2.05) is 31.2 Å². The molecule has 0 aliphatic heterocycles. The van der Waals surface area contributed by atoms with Gasteiger partial charge in [0.1, 0.15) is 0 Å². The topological polar surface area (TPSA) is 94.6 Å². The lowest BCUT2D eigenvalue weighted by molar-refractivity contribution is 0.533. The van der Waals surface area contributed by atoms with Crippen LogP contribution in [0.15, 0.2) is 64.8 Å². The Morgan fingerprint density at radius 2 is 1.84 bits per heavy atom. The van der Waals surface area contributed by atoms with Gasteiger partial charge in [-0.3, -0.25) is 4.68 Å². The largest absolute Gasteiger partial charge is 0.369 e. The SMILES string of the molecule is Cc1nn(CCCc2ccccc2)c2c1/C(=N\N=C(N)N)CC(c1ccccc1Cl)C2. The predicted molar refractivity (Wildman–Crippen MR) is 127 cm³/mol. The zero-order valence-corrected chi connectivity index (χ0v) is 18.4. The lowest BCUT2D eigenvalue weighted by atomic mass is 9.81. The number of aryl methyl sites for hydroxylation is 3. The summed E-state index contributed by atoms with van der Waals surface area (Å²) in [6, 6.07) is 18.5. The van der Waals surface area contributed by atoms with Crippen molar-refractivity contribution in [3.63, 3.8) is 0 Å². The van der Waals surface area contributed by atoms with E-state index in [-0.39, 0.29) is 11.9 Å². The maximum atomic E-state index is 6.53. The molecule has 2 aromatic carbocycles. The van der Waals surface area contributed by atoms with Crippen LogP contribution in [0.2, 0.25) is 5.02 Å². The number of fused-ring (bicyclic) bond motifs is 1. The minimum Gasteiger partial charge on any atom is -0.369 e. The average molecular weight is 435 g/mol. The molecule has 1 aliphatic rings. The Morgan fingerprint density at radius 1 is 1.10 bits per heavy atom. The van der Waals surface area contributed by atoms with Crippen LogP contribution in [-0.2, 0) is 19.4 Å². The maximum absolute atomic E-state index is 6.53. The standard InChI is InChI=1S/C24H27ClN6/c1-16-23-21(28-29-24(26)27)14-18(19-11-5-6-12-20(19)25)15-22(23)31(30-16)13-7-10-17-8-3-2-4-9-17/h2-6,8-9,11-12,18H,7,10,13-15H2,1H3,(H4,26,27,29)/b28-21-. The summed E-state index contributed by atoms with van der Waals surface area (Å²) in [5.41, 5.74) is 17.6. The maximum Gasteiger partial charge on any atom is 0.211 e. The normalized spacial score (nSPS) is 16.8. The van der Waals surface area contributed by atoms with Crippen molar-refractivity contribution in [2.75, 3.05) is 0 Å². The first-order chi connectivity index (χ1) is 15.0. The molecule has 1 atom stereocenters. The zero-order chi connectivity index (χ0) is 21.8. The van der Waals surface area contributed by atoms with Gasteiger partial charge >= 0.3 is 0 Å². The summed E-state index contributed by atoms with van der Waals surface area (Å²) in [6.45, 7) is 2.86. The molecule has 4 N–H and O–H groups in total. The molecule has 1 aliphatic carbocycles. The van der Waals surface area contributed by atoms with E-state index in [4.69, 9.17) is 28.2 Å². The number of guanidine groups is 1. The van der Waals surface area contributed by atoms with Gasteiger partial charge in [0.05, 0.1) is 11.4 Å². The Hall–Kier alpha value is -3.12. The molecule has 0 saturated carbocycles. The van der Waals surface area contributed by atoms with Crippen LogP contribution in [0.1, 0.15) is 46.8 Å². The van der Waals surface area contributed by atoms with Crippen molar-refractivity contribution < 1.29 is 0 Å². The van der Waals surface area contributed by atoms with Crippen molar-refractivity contribution in [1.82, 2.24) is 9.78 Å². The quantitative estimate of drug-likeness (QED) is 0.346. The summed E-state index contributed by atoms with van der Waals surface area (Å²) in [5.74, 6) is 0.139. The molecule has 160 valence electrons. The summed E-state index contributed by atoms with van der Waals surface area (Å²) >= 11 is 6.53. The molecule has 31 heavy (non-hydrogen) atoms. The fraction of sp³-hybridized carbons (Fsp3) is 0.292. The van der Waals surface area contributed by atoms with Gasteiger partial charge in [-0.2, -0.15) is 10.2 Å². The fourth-order valence-electron chi connectivity index (χ4n) is 4.35. The molecule has 0 spiro atoms. The van der Waals surface area contributed by atoms with Crippen molar-refractivity contribution in [3.05, 3.63) is 87.7 Å². The average Bonchev–Trinajstić information content (AvgIpc) is 3.08. The van der Waals surface area contributed by atoms with Crippen LogP contribution >= 0.6 is 11.6 Å². The second-order valence-corrected chi connectivity index (χ2v) is 8.32. The van der Waals surface area contributed by atoms with Crippen molar-refractivity contribution in [2.24, 2.45) is 21.7 Å². The molecule has 6 nitrogen and oxygen atoms in total. The van der Waals surface area contributed by atoms with Crippen LogP contribution in [0.25, 0.3) is 0 Å². The van der Waals surface area contributed by atoms with E-state index in [0.29, 0.717) is 6.42 Å². The van der Waals surface area contributed by atoms with E-state index in [2.05, 4.69) is 45.2 Å². The molecule has 1 heterocycles. The molecule has 7 heteroatoms. The van der Waals surface area contributed by atoms with Crippen LogP contribution in [0.4, 0.5) is 0 Å². The predicted octanol–water partition coefficient (Wildman–Crippen LogP) is 4.19. The molecule has 0 amide bonds. The molecular formula is C24H27ClN6. The third-order valence-corrected chi connectivity index (χ3v) is 6.05. The van der Waals surface area contributed by atoms with Crippen LogP contribution in [-0.4, -0.2) is 21.5 Å². The van der Waals surface area contributed by atoms with Crippen LogP contribution in [0, 0.1) is 6.92 Å². The highest BCUT2D eigenvalue weighted by Crippen LogP contribution is 2.37.